The van der Waals surface area contributed by atoms with Gasteiger partial charge >= 0.3 is 5.97 Å². The van der Waals surface area contributed by atoms with E-state index in [-0.39, 0.29) is 30.9 Å². The van der Waals surface area contributed by atoms with Crippen molar-refractivity contribution in [2.75, 3.05) is 19.7 Å². The zero-order valence-corrected chi connectivity index (χ0v) is 7.66. The number of hydrogen-bond acceptors (Lipinski definition) is 4. The van der Waals surface area contributed by atoms with Gasteiger partial charge in [-0.3, -0.25) is 9.59 Å². The lowest BCUT2D eigenvalue weighted by molar-refractivity contribution is -0.147. The first-order chi connectivity index (χ1) is 6.15. The third-order valence-electron chi connectivity index (χ3n) is 2.11. The second-order valence-corrected chi connectivity index (χ2v) is 3.08. The lowest BCUT2D eigenvalue weighted by Crippen LogP contribution is -2.43. The Hall–Kier alpha value is -1.10. The predicted molar refractivity (Wildman–Crippen MR) is 45.8 cm³/mol. The lowest BCUT2D eigenvalue weighted by atomic mass is 10.2. The molecule has 0 radical (unpaired) electrons. The smallest absolute Gasteiger partial charge is 0.308 e. The molecule has 1 atom stereocenters. The fraction of sp³-hybridized carbons (Fsp3) is 0.750. The molecule has 5 heteroatoms. The monoisotopic (exact) mass is 186 g/mol. The highest BCUT2D eigenvalue weighted by molar-refractivity contribution is 5.83. The van der Waals surface area contributed by atoms with Gasteiger partial charge in [-0.25, -0.2) is 0 Å². The minimum atomic E-state index is -0.319. The zero-order valence-electron chi connectivity index (χ0n) is 7.66. The Bertz CT molecular complexity index is 217. The van der Waals surface area contributed by atoms with E-state index >= 15 is 0 Å². The Morgan fingerprint density at radius 1 is 1.62 bits per heavy atom. The molecule has 0 spiro atoms. The fourth-order valence-electron chi connectivity index (χ4n) is 1.23. The molecule has 0 aromatic heterocycles. The van der Waals surface area contributed by atoms with Gasteiger partial charge in [0.25, 0.3) is 5.91 Å². The minimum Gasteiger partial charge on any atom is -0.456 e. The van der Waals surface area contributed by atoms with Crippen LogP contribution in [0.5, 0.6) is 0 Å². The van der Waals surface area contributed by atoms with Crippen LogP contribution in [0, 0.1) is 0 Å². The molecule has 0 aliphatic carbocycles. The van der Waals surface area contributed by atoms with Crippen LogP contribution >= 0.6 is 0 Å². The van der Waals surface area contributed by atoms with Crippen molar-refractivity contribution in [3.8, 4) is 0 Å². The average Bonchev–Trinajstić information content (AvgIpc) is 2.28. The van der Waals surface area contributed by atoms with Crippen LogP contribution in [0.2, 0.25) is 0 Å². The number of rotatable bonds is 2. The molecule has 0 aromatic carbocycles. The number of esters is 1. The van der Waals surface area contributed by atoms with Crippen LogP contribution in [0.1, 0.15) is 13.3 Å². The summed E-state index contributed by atoms with van der Waals surface area (Å²) in [7, 11) is 0. The van der Waals surface area contributed by atoms with Crippen molar-refractivity contribution in [3.05, 3.63) is 0 Å². The Labute approximate surface area is 76.8 Å². The maximum atomic E-state index is 11.4. The summed E-state index contributed by atoms with van der Waals surface area (Å²) in [4.78, 5) is 23.8. The molecular weight excluding hydrogens is 172 g/mol. The van der Waals surface area contributed by atoms with E-state index in [0.29, 0.717) is 13.1 Å². The van der Waals surface area contributed by atoms with E-state index in [1.54, 1.807) is 4.90 Å². The molecule has 1 aliphatic heterocycles. The van der Waals surface area contributed by atoms with Gasteiger partial charge in [-0.1, -0.05) is 0 Å². The molecule has 1 saturated heterocycles. The normalized spacial score (nSPS) is 20.9. The molecule has 0 bridgehead atoms. The summed E-state index contributed by atoms with van der Waals surface area (Å²) < 4.78 is 4.67. The number of nitrogens with two attached hydrogens (primary N) is 1. The van der Waals surface area contributed by atoms with Gasteiger partial charge in [0.15, 0.2) is 6.61 Å². The molecule has 13 heavy (non-hydrogen) atoms. The number of carbonyl (C=O) groups is 2. The fourth-order valence-corrected chi connectivity index (χ4v) is 1.23. The largest absolute Gasteiger partial charge is 0.456 e. The molecule has 1 aliphatic rings. The molecule has 0 saturated carbocycles. The summed E-state index contributed by atoms with van der Waals surface area (Å²) in [6, 6.07) is -0.0259. The van der Waals surface area contributed by atoms with Gasteiger partial charge in [0.2, 0.25) is 0 Å². The third kappa shape index (κ3) is 2.42. The third-order valence-corrected chi connectivity index (χ3v) is 2.11. The Morgan fingerprint density at radius 3 is 2.92 bits per heavy atom. The van der Waals surface area contributed by atoms with Crippen LogP contribution in [-0.4, -0.2) is 42.5 Å². The van der Waals surface area contributed by atoms with Crippen LogP contribution in [-0.2, 0) is 14.3 Å². The van der Waals surface area contributed by atoms with Gasteiger partial charge in [-0.15, -0.1) is 0 Å². The summed E-state index contributed by atoms with van der Waals surface area (Å²) in [5.74, 6) is -0.483. The molecule has 1 rings (SSSR count). The van der Waals surface area contributed by atoms with Crippen molar-refractivity contribution >= 4 is 11.9 Å². The number of carbonyl (C=O) groups excluding carboxylic acids is 2. The Morgan fingerprint density at radius 2 is 2.31 bits per heavy atom. The van der Waals surface area contributed by atoms with Crippen molar-refractivity contribution in [2.45, 2.75) is 19.4 Å². The molecule has 0 aromatic rings. The van der Waals surface area contributed by atoms with Gasteiger partial charge in [0, 0.05) is 19.1 Å². The van der Waals surface area contributed by atoms with Crippen molar-refractivity contribution in [1.82, 2.24) is 4.90 Å². The topological polar surface area (TPSA) is 72.6 Å². The summed E-state index contributed by atoms with van der Waals surface area (Å²) in [5, 5.41) is 0. The van der Waals surface area contributed by atoms with E-state index in [1.165, 1.54) is 0 Å². The molecule has 1 fully saturated rings. The minimum absolute atomic E-state index is 0.0259. The first-order valence-corrected chi connectivity index (χ1v) is 4.30. The number of nitrogens with zero attached hydrogens (tertiary/aromatic N) is 1. The van der Waals surface area contributed by atoms with Gasteiger partial charge in [-0.2, -0.15) is 0 Å². The van der Waals surface area contributed by atoms with E-state index in [9.17, 15) is 9.59 Å². The van der Waals surface area contributed by atoms with Crippen LogP contribution in [0.25, 0.3) is 0 Å². The predicted octanol–water partition coefficient (Wildman–Crippen LogP) is -0.891. The van der Waals surface area contributed by atoms with Crippen molar-refractivity contribution in [3.63, 3.8) is 0 Å². The highest BCUT2D eigenvalue weighted by Gasteiger charge is 2.24. The zero-order chi connectivity index (χ0) is 9.84. The SMILES string of the molecule is CC(CN)N1CCC(=O)OCC1=O. The van der Waals surface area contributed by atoms with Gasteiger partial charge in [-0.05, 0) is 6.92 Å². The first kappa shape index (κ1) is 9.98. The molecule has 5 nitrogen and oxygen atoms in total. The van der Waals surface area contributed by atoms with Crippen LogP contribution in [0.15, 0.2) is 0 Å². The van der Waals surface area contributed by atoms with E-state index in [0.717, 1.165) is 0 Å². The number of cyclic esters (lactones) is 1. The number of ether oxygens (including phenoxy) is 1. The quantitative estimate of drug-likeness (QED) is 0.568. The van der Waals surface area contributed by atoms with Gasteiger partial charge in [0.05, 0.1) is 6.42 Å². The van der Waals surface area contributed by atoms with Crippen LogP contribution in [0.3, 0.4) is 0 Å². The summed E-state index contributed by atoms with van der Waals surface area (Å²) in [5.41, 5.74) is 5.43. The Balaban J connectivity index is 2.62. The van der Waals surface area contributed by atoms with Gasteiger partial charge in [0.1, 0.15) is 0 Å². The second kappa shape index (κ2) is 4.23. The highest BCUT2D eigenvalue weighted by Crippen LogP contribution is 2.05. The van der Waals surface area contributed by atoms with Crippen molar-refractivity contribution in [2.24, 2.45) is 5.73 Å². The molecule has 1 heterocycles. The standard InChI is InChI=1S/C8H14N2O3/c1-6(4-9)10-3-2-8(12)13-5-7(10)11/h6H,2-5,9H2,1H3. The van der Waals surface area contributed by atoms with E-state index < -0.39 is 0 Å². The summed E-state index contributed by atoms with van der Waals surface area (Å²) in [6.07, 6.45) is 0.260. The molecule has 74 valence electrons. The summed E-state index contributed by atoms with van der Waals surface area (Å²) in [6.45, 7) is 2.52. The maximum Gasteiger partial charge on any atom is 0.308 e. The van der Waals surface area contributed by atoms with E-state index in [4.69, 9.17) is 5.73 Å². The lowest BCUT2D eigenvalue weighted by Gasteiger charge is -2.25. The molecular formula is C8H14N2O3. The maximum absolute atomic E-state index is 11.4. The van der Waals surface area contributed by atoms with Gasteiger partial charge < -0.3 is 15.4 Å². The molecule has 2 N–H and O–H groups in total. The van der Waals surface area contributed by atoms with Crippen molar-refractivity contribution < 1.29 is 14.3 Å². The Kier molecular flexibility index (Phi) is 3.25. The number of amides is 1. The second-order valence-electron chi connectivity index (χ2n) is 3.08. The van der Waals surface area contributed by atoms with Crippen molar-refractivity contribution in [1.29, 1.82) is 0 Å². The van der Waals surface area contributed by atoms with Crippen LogP contribution in [0.4, 0.5) is 0 Å². The summed E-state index contributed by atoms with van der Waals surface area (Å²) >= 11 is 0. The van der Waals surface area contributed by atoms with Crippen LogP contribution < -0.4 is 5.73 Å². The highest BCUT2D eigenvalue weighted by atomic mass is 16.5. The van der Waals surface area contributed by atoms with E-state index in [2.05, 4.69) is 4.74 Å². The number of hydrogen-bond donors (Lipinski definition) is 1. The molecule has 1 unspecified atom stereocenters. The van der Waals surface area contributed by atoms with E-state index in [1.807, 2.05) is 6.92 Å². The first-order valence-electron chi connectivity index (χ1n) is 4.30. The average molecular weight is 186 g/mol. The molecule has 1 amide bonds.